The van der Waals surface area contributed by atoms with Gasteiger partial charge in [0.05, 0.1) is 19.8 Å². The van der Waals surface area contributed by atoms with Gasteiger partial charge in [0, 0.05) is 16.7 Å². The summed E-state index contributed by atoms with van der Waals surface area (Å²) in [5.41, 5.74) is 0.140. The van der Waals surface area contributed by atoms with E-state index < -0.39 is 23.3 Å². The van der Waals surface area contributed by atoms with E-state index in [0.29, 0.717) is 0 Å². The van der Waals surface area contributed by atoms with Crippen molar-refractivity contribution in [3.8, 4) is 11.5 Å². The second-order valence-corrected chi connectivity index (χ2v) is 4.92. The molecule has 0 saturated carbocycles. The standard InChI is InChI=1S/C17H12O6/c1-22-16-12-10(7-11(18)13(16)17(21)23-2)14(19)8-5-3-4-6-9(8)15(12)20/h3-7,18H,1-2H3. The van der Waals surface area contributed by atoms with Crippen molar-refractivity contribution in [2.75, 3.05) is 14.2 Å². The average Bonchev–Trinajstić information content (AvgIpc) is 2.57. The zero-order chi connectivity index (χ0) is 16.7. The normalized spacial score (nSPS) is 12.4. The molecule has 1 aliphatic rings. The number of ether oxygens (including phenoxy) is 2. The van der Waals surface area contributed by atoms with Crippen LogP contribution < -0.4 is 4.74 Å². The van der Waals surface area contributed by atoms with E-state index in [4.69, 9.17) is 4.74 Å². The third-order valence-electron chi connectivity index (χ3n) is 3.74. The molecule has 6 nitrogen and oxygen atoms in total. The quantitative estimate of drug-likeness (QED) is 0.728. The van der Waals surface area contributed by atoms with E-state index in [0.717, 1.165) is 13.2 Å². The van der Waals surface area contributed by atoms with Gasteiger partial charge in [-0.15, -0.1) is 0 Å². The molecule has 0 spiro atoms. The summed E-state index contributed by atoms with van der Waals surface area (Å²) in [4.78, 5) is 37.2. The summed E-state index contributed by atoms with van der Waals surface area (Å²) in [6, 6.07) is 7.46. The largest absolute Gasteiger partial charge is 0.507 e. The van der Waals surface area contributed by atoms with Gasteiger partial charge in [-0.05, 0) is 6.07 Å². The van der Waals surface area contributed by atoms with E-state index in [9.17, 15) is 19.5 Å². The molecule has 0 aliphatic heterocycles. The van der Waals surface area contributed by atoms with Crippen LogP contribution >= 0.6 is 0 Å². The number of phenols is 1. The van der Waals surface area contributed by atoms with Crippen LogP contribution in [0.4, 0.5) is 0 Å². The second-order valence-electron chi connectivity index (χ2n) is 4.92. The molecular weight excluding hydrogens is 300 g/mol. The lowest BCUT2D eigenvalue weighted by Crippen LogP contribution is -2.23. The van der Waals surface area contributed by atoms with Crippen molar-refractivity contribution in [2.24, 2.45) is 0 Å². The SMILES string of the molecule is COC(=O)c1c(O)cc2c(c1OC)C(=O)c1ccccc1C2=O. The highest BCUT2D eigenvalue weighted by molar-refractivity contribution is 6.30. The Labute approximate surface area is 131 Å². The molecule has 2 aromatic carbocycles. The highest BCUT2D eigenvalue weighted by atomic mass is 16.5. The number of fused-ring (bicyclic) bond motifs is 2. The molecule has 0 bridgehead atoms. The van der Waals surface area contributed by atoms with Gasteiger partial charge in [-0.2, -0.15) is 0 Å². The van der Waals surface area contributed by atoms with E-state index in [2.05, 4.69) is 4.74 Å². The summed E-state index contributed by atoms with van der Waals surface area (Å²) in [6.45, 7) is 0. The van der Waals surface area contributed by atoms with Gasteiger partial charge in [0.2, 0.25) is 0 Å². The Bertz CT molecular complexity index is 866. The van der Waals surface area contributed by atoms with Gasteiger partial charge in [0.25, 0.3) is 0 Å². The van der Waals surface area contributed by atoms with Crippen LogP contribution in [0.5, 0.6) is 11.5 Å². The Morgan fingerprint density at radius 3 is 2.17 bits per heavy atom. The van der Waals surface area contributed by atoms with Crippen molar-refractivity contribution in [2.45, 2.75) is 0 Å². The van der Waals surface area contributed by atoms with Crippen LogP contribution in [0.1, 0.15) is 42.2 Å². The fraction of sp³-hybridized carbons (Fsp3) is 0.118. The smallest absolute Gasteiger partial charge is 0.345 e. The fourth-order valence-corrected chi connectivity index (χ4v) is 2.71. The minimum atomic E-state index is -0.860. The number of methoxy groups -OCH3 is 2. The first-order chi connectivity index (χ1) is 11.0. The van der Waals surface area contributed by atoms with E-state index in [1.165, 1.54) is 19.2 Å². The molecule has 0 unspecified atom stereocenters. The van der Waals surface area contributed by atoms with Crippen molar-refractivity contribution in [3.05, 3.63) is 58.1 Å². The zero-order valence-corrected chi connectivity index (χ0v) is 12.4. The summed E-state index contributed by atoms with van der Waals surface area (Å²) in [7, 11) is 2.39. The molecule has 0 atom stereocenters. The third kappa shape index (κ3) is 1.99. The monoisotopic (exact) mass is 312 g/mol. The average molecular weight is 312 g/mol. The molecule has 2 aromatic rings. The summed E-state index contributed by atoms with van der Waals surface area (Å²) in [6.07, 6.45) is 0. The Kier molecular flexibility index (Phi) is 3.37. The van der Waals surface area contributed by atoms with Crippen molar-refractivity contribution >= 4 is 17.5 Å². The molecule has 0 saturated heterocycles. The minimum absolute atomic E-state index is 0.00398. The maximum absolute atomic E-state index is 12.7. The predicted octanol–water partition coefficient (Wildman–Crippen LogP) is 1.96. The molecule has 0 aromatic heterocycles. The highest BCUT2D eigenvalue weighted by Crippen LogP contribution is 2.40. The van der Waals surface area contributed by atoms with Crippen LogP contribution in [0.2, 0.25) is 0 Å². The van der Waals surface area contributed by atoms with E-state index >= 15 is 0 Å². The van der Waals surface area contributed by atoms with E-state index in [1.54, 1.807) is 12.1 Å². The van der Waals surface area contributed by atoms with Gasteiger partial charge in [-0.3, -0.25) is 9.59 Å². The zero-order valence-electron chi connectivity index (χ0n) is 12.4. The first kappa shape index (κ1) is 14.8. The van der Waals surface area contributed by atoms with Crippen LogP contribution in [-0.4, -0.2) is 36.9 Å². The first-order valence-corrected chi connectivity index (χ1v) is 6.72. The number of hydrogen-bond donors (Lipinski definition) is 1. The van der Waals surface area contributed by atoms with Crippen molar-refractivity contribution in [1.29, 1.82) is 0 Å². The lowest BCUT2D eigenvalue weighted by molar-refractivity contribution is 0.0593. The van der Waals surface area contributed by atoms with Gasteiger partial charge < -0.3 is 14.6 Å². The Hall–Kier alpha value is -3.15. The van der Waals surface area contributed by atoms with Crippen LogP contribution in [0, 0.1) is 0 Å². The summed E-state index contributed by atoms with van der Waals surface area (Å²) >= 11 is 0. The lowest BCUT2D eigenvalue weighted by atomic mass is 9.82. The molecule has 6 heteroatoms. The number of rotatable bonds is 2. The number of hydrogen-bond acceptors (Lipinski definition) is 6. The number of esters is 1. The van der Waals surface area contributed by atoms with Crippen LogP contribution in [-0.2, 0) is 4.74 Å². The third-order valence-corrected chi connectivity index (χ3v) is 3.74. The molecule has 0 heterocycles. The van der Waals surface area contributed by atoms with E-state index in [-0.39, 0.29) is 33.6 Å². The number of benzene rings is 2. The number of carbonyl (C=O) groups is 3. The molecule has 23 heavy (non-hydrogen) atoms. The van der Waals surface area contributed by atoms with Crippen LogP contribution in [0.15, 0.2) is 30.3 Å². The molecule has 0 amide bonds. The topological polar surface area (TPSA) is 89.9 Å². The van der Waals surface area contributed by atoms with Gasteiger partial charge in [-0.1, -0.05) is 24.3 Å². The Morgan fingerprint density at radius 1 is 1.00 bits per heavy atom. The van der Waals surface area contributed by atoms with Crippen LogP contribution in [0.3, 0.4) is 0 Å². The van der Waals surface area contributed by atoms with Crippen molar-refractivity contribution in [3.63, 3.8) is 0 Å². The first-order valence-electron chi connectivity index (χ1n) is 6.72. The summed E-state index contributed by atoms with van der Waals surface area (Å²) in [5, 5.41) is 10.1. The molecule has 1 N–H and O–H groups in total. The number of ketones is 2. The number of phenolic OH excluding ortho intramolecular Hbond substituents is 1. The van der Waals surface area contributed by atoms with Crippen molar-refractivity contribution < 1.29 is 29.0 Å². The van der Waals surface area contributed by atoms with Gasteiger partial charge in [-0.25, -0.2) is 4.79 Å². The molecule has 1 aliphatic carbocycles. The van der Waals surface area contributed by atoms with E-state index in [1.807, 2.05) is 0 Å². The molecule has 0 fully saturated rings. The van der Waals surface area contributed by atoms with Gasteiger partial charge >= 0.3 is 5.97 Å². The molecule has 0 radical (unpaired) electrons. The Morgan fingerprint density at radius 2 is 1.61 bits per heavy atom. The fourth-order valence-electron chi connectivity index (χ4n) is 2.71. The van der Waals surface area contributed by atoms with Crippen molar-refractivity contribution in [1.82, 2.24) is 0 Å². The lowest BCUT2D eigenvalue weighted by Gasteiger charge is -2.21. The maximum Gasteiger partial charge on any atom is 0.345 e. The van der Waals surface area contributed by atoms with Crippen LogP contribution in [0.25, 0.3) is 0 Å². The van der Waals surface area contributed by atoms with Gasteiger partial charge in [0.15, 0.2) is 11.6 Å². The molecule has 116 valence electrons. The molecule has 3 rings (SSSR count). The maximum atomic E-state index is 12.7. The minimum Gasteiger partial charge on any atom is -0.507 e. The molecular formula is C17H12O6. The number of aromatic hydroxyl groups is 1. The summed E-state index contributed by atoms with van der Waals surface area (Å²) in [5.74, 6) is -2.37. The summed E-state index contributed by atoms with van der Waals surface area (Å²) < 4.78 is 9.75. The van der Waals surface area contributed by atoms with Gasteiger partial charge in [0.1, 0.15) is 17.1 Å². The Balaban J connectivity index is 2.37. The second kappa shape index (κ2) is 5.24. The predicted molar refractivity (Wildman–Crippen MR) is 79.3 cm³/mol. The number of carbonyl (C=O) groups excluding carboxylic acids is 3. The highest BCUT2D eigenvalue weighted by Gasteiger charge is 2.36.